The van der Waals surface area contributed by atoms with E-state index in [2.05, 4.69) is 4.74 Å². The van der Waals surface area contributed by atoms with Crippen LogP contribution in [0, 0.1) is 0 Å². The fourth-order valence-corrected chi connectivity index (χ4v) is 1.52. The van der Waals surface area contributed by atoms with Gasteiger partial charge in [0.1, 0.15) is 5.75 Å². The number of rotatable bonds is 6. The molecule has 0 aliphatic heterocycles. The van der Waals surface area contributed by atoms with E-state index >= 15 is 0 Å². The molecule has 1 unspecified atom stereocenters. The molecule has 0 bridgehead atoms. The maximum Gasteiger partial charge on any atom is 0.342 e. The number of hydrogen-bond donors (Lipinski definition) is 1. The summed E-state index contributed by atoms with van der Waals surface area (Å²) in [6, 6.07) is 5.68. The zero-order chi connectivity index (χ0) is 13.5. The van der Waals surface area contributed by atoms with Crippen molar-refractivity contribution < 1.29 is 18.7 Å². The molecule has 18 heavy (non-hydrogen) atoms. The summed E-state index contributed by atoms with van der Waals surface area (Å²) in [6.07, 6.45) is -1.87. The maximum atomic E-state index is 13.7. The van der Waals surface area contributed by atoms with Crippen LogP contribution in [0.2, 0.25) is 0 Å². The molecule has 0 aliphatic carbocycles. The molecule has 0 aromatic heterocycles. The van der Waals surface area contributed by atoms with E-state index < -0.39 is 18.2 Å². The number of nitrogens with two attached hydrogens (primary N) is 1. The molecule has 0 radical (unpaired) electrons. The summed E-state index contributed by atoms with van der Waals surface area (Å²) < 4.78 is 23.6. The number of carbonyl (C=O) groups is 1. The summed E-state index contributed by atoms with van der Waals surface area (Å²) in [5.74, 6) is -0.340. The lowest BCUT2D eigenvalue weighted by Gasteiger charge is -2.16. The average molecular weight is 255 g/mol. The van der Waals surface area contributed by atoms with Crippen molar-refractivity contribution in [2.24, 2.45) is 5.73 Å². The quantitative estimate of drug-likeness (QED) is 0.790. The van der Waals surface area contributed by atoms with Crippen LogP contribution in [0.1, 0.15) is 25.5 Å². The van der Waals surface area contributed by atoms with Crippen LogP contribution in [0.4, 0.5) is 4.39 Å². The lowest BCUT2D eigenvalue weighted by molar-refractivity contribution is -0.149. The number of hydrogen-bond acceptors (Lipinski definition) is 4. The Labute approximate surface area is 106 Å². The number of benzene rings is 1. The smallest absolute Gasteiger partial charge is 0.342 e. The molecule has 0 heterocycles. The Hall–Kier alpha value is -1.62. The summed E-state index contributed by atoms with van der Waals surface area (Å²) in [5, 5.41) is 0. The van der Waals surface area contributed by atoms with Crippen LogP contribution in [-0.4, -0.2) is 25.4 Å². The van der Waals surface area contributed by atoms with Crippen molar-refractivity contribution in [3.8, 4) is 5.75 Å². The van der Waals surface area contributed by atoms with Gasteiger partial charge in [0.25, 0.3) is 0 Å². The van der Waals surface area contributed by atoms with Crippen molar-refractivity contribution in [1.82, 2.24) is 0 Å². The predicted molar refractivity (Wildman–Crippen MR) is 66.1 cm³/mol. The Bertz CT molecular complexity index is 398. The van der Waals surface area contributed by atoms with Crippen LogP contribution < -0.4 is 10.5 Å². The fourth-order valence-electron chi connectivity index (χ4n) is 1.52. The molecule has 1 aromatic rings. The molecule has 0 saturated carbocycles. The highest BCUT2D eigenvalue weighted by Gasteiger charge is 2.27. The van der Waals surface area contributed by atoms with Crippen molar-refractivity contribution in [3.05, 3.63) is 29.8 Å². The van der Waals surface area contributed by atoms with Gasteiger partial charge in [-0.05, 0) is 31.5 Å². The molecule has 5 heteroatoms. The van der Waals surface area contributed by atoms with Crippen LogP contribution in [0.5, 0.6) is 5.75 Å². The van der Waals surface area contributed by atoms with Crippen molar-refractivity contribution in [1.29, 1.82) is 0 Å². The Morgan fingerprint density at radius 1 is 1.39 bits per heavy atom. The highest BCUT2D eigenvalue weighted by molar-refractivity contribution is 5.75. The first-order valence-corrected chi connectivity index (χ1v) is 5.89. The summed E-state index contributed by atoms with van der Waals surface area (Å²) in [6.45, 7) is 4.11. The van der Waals surface area contributed by atoms with E-state index in [1.165, 1.54) is 0 Å². The second kappa shape index (κ2) is 6.96. The van der Waals surface area contributed by atoms with Gasteiger partial charge in [0, 0.05) is 0 Å². The average Bonchev–Trinajstić information content (AvgIpc) is 2.38. The minimum atomic E-state index is -1.87. The molecule has 0 fully saturated rings. The van der Waals surface area contributed by atoms with Gasteiger partial charge in [-0.25, -0.2) is 9.18 Å². The molecule has 2 atom stereocenters. The van der Waals surface area contributed by atoms with E-state index in [9.17, 15) is 9.18 Å². The van der Waals surface area contributed by atoms with Crippen LogP contribution in [0.3, 0.4) is 0 Å². The minimum Gasteiger partial charge on any atom is -0.494 e. The largest absolute Gasteiger partial charge is 0.494 e. The number of alkyl halides is 1. The molecule has 2 N–H and O–H groups in total. The van der Waals surface area contributed by atoms with Gasteiger partial charge in [-0.1, -0.05) is 12.1 Å². The summed E-state index contributed by atoms with van der Waals surface area (Å²) in [4.78, 5) is 11.3. The number of esters is 1. The third-order valence-electron chi connectivity index (χ3n) is 2.38. The third-order valence-corrected chi connectivity index (χ3v) is 2.38. The van der Waals surface area contributed by atoms with E-state index in [0.29, 0.717) is 17.9 Å². The van der Waals surface area contributed by atoms with Gasteiger partial charge in [0.05, 0.1) is 19.3 Å². The Kier molecular flexibility index (Phi) is 5.58. The normalized spacial score (nSPS) is 13.8. The molecule has 100 valence electrons. The molecule has 1 aromatic carbocycles. The van der Waals surface area contributed by atoms with Crippen LogP contribution in [0.15, 0.2) is 24.3 Å². The first kappa shape index (κ1) is 14.4. The summed E-state index contributed by atoms with van der Waals surface area (Å²) in [7, 11) is 0. The summed E-state index contributed by atoms with van der Waals surface area (Å²) >= 11 is 0. The first-order chi connectivity index (χ1) is 8.60. The van der Waals surface area contributed by atoms with E-state index in [-0.39, 0.29) is 6.61 Å². The number of carbonyl (C=O) groups excluding carboxylic acids is 1. The zero-order valence-corrected chi connectivity index (χ0v) is 10.6. The van der Waals surface area contributed by atoms with Crippen LogP contribution >= 0.6 is 0 Å². The van der Waals surface area contributed by atoms with Gasteiger partial charge in [-0.2, -0.15) is 0 Å². The van der Waals surface area contributed by atoms with Gasteiger partial charge in [-0.15, -0.1) is 0 Å². The molecular formula is C13H18FNO3. The van der Waals surface area contributed by atoms with Crippen molar-refractivity contribution in [2.75, 3.05) is 13.2 Å². The SMILES string of the molecule is CCOC(=O)C(F)[C@H](N)c1cccc(OCC)c1. The molecule has 0 saturated heterocycles. The van der Waals surface area contributed by atoms with E-state index in [4.69, 9.17) is 10.5 Å². The maximum absolute atomic E-state index is 13.7. The van der Waals surface area contributed by atoms with Crippen LogP contribution in [0.25, 0.3) is 0 Å². The highest BCUT2D eigenvalue weighted by Crippen LogP contribution is 2.22. The van der Waals surface area contributed by atoms with Gasteiger partial charge in [0.15, 0.2) is 0 Å². The molecule has 4 nitrogen and oxygen atoms in total. The summed E-state index contributed by atoms with van der Waals surface area (Å²) in [5.41, 5.74) is 6.20. The van der Waals surface area contributed by atoms with Crippen LogP contribution in [-0.2, 0) is 9.53 Å². The van der Waals surface area contributed by atoms with Gasteiger partial charge in [0.2, 0.25) is 6.17 Å². The second-order valence-electron chi connectivity index (χ2n) is 3.69. The number of halogens is 1. The Morgan fingerprint density at radius 3 is 2.72 bits per heavy atom. The number of ether oxygens (including phenoxy) is 2. The minimum absolute atomic E-state index is 0.130. The molecule has 0 spiro atoms. The molecule has 0 aliphatic rings. The van der Waals surface area contributed by atoms with Gasteiger partial charge >= 0.3 is 5.97 Å². The monoisotopic (exact) mass is 255 g/mol. The van der Waals surface area contributed by atoms with Gasteiger partial charge in [-0.3, -0.25) is 0 Å². The van der Waals surface area contributed by atoms with E-state index in [1.807, 2.05) is 6.92 Å². The fraction of sp³-hybridized carbons (Fsp3) is 0.462. The van der Waals surface area contributed by atoms with Gasteiger partial charge < -0.3 is 15.2 Å². The van der Waals surface area contributed by atoms with E-state index in [0.717, 1.165) is 0 Å². The predicted octanol–water partition coefficient (Wildman–Crippen LogP) is 1.99. The highest BCUT2D eigenvalue weighted by atomic mass is 19.1. The standard InChI is InChI=1S/C13H18FNO3/c1-3-17-10-7-5-6-9(8-10)12(15)11(14)13(16)18-4-2/h5-8,11-12H,3-4,15H2,1-2H3/t11?,12-/m1/s1. The van der Waals surface area contributed by atoms with Crippen molar-refractivity contribution >= 4 is 5.97 Å². The molecule has 1 rings (SSSR count). The van der Waals surface area contributed by atoms with Crippen molar-refractivity contribution in [3.63, 3.8) is 0 Å². The second-order valence-corrected chi connectivity index (χ2v) is 3.69. The lowest BCUT2D eigenvalue weighted by Crippen LogP contribution is -2.31. The molecule has 0 amide bonds. The molecular weight excluding hydrogens is 237 g/mol. The lowest BCUT2D eigenvalue weighted by atomic mass is 10.0. The van der Waals surface area contributed by atoms with E-state index in [1.54, 1.807) is 31.2 Å². The topological polar surface area (TPSA) is 61.5 Å². The Balaban J connectivity index is 2.79. The Morgan fingerprint density at radius 2 is 2.11 bits per heavy atom. The first-order valence-electron chi connectivity index (χ1n) is 5.89. The van der Waals surface area contributed by atoms with Crippen molar-refractivity contribution in [2.45, 2.75) is 26.1 Å². The third kappa shape index (κ3) is 3.70. The zero-order valence-electron chi connectivity index (χ0n) is 10.6.